The Labute approximate surface area is 103 Å². The van der Waals surface area contributed by atoms with Crippen molar-refractivity contribution in [1.82, 2.24) is 0 Å². The van der Waals surface area contributed by atoms with E-state index in [0.717, 1.165) is 0 Å². The summed E-state index contributed by atoms with van der Waals surface area (Å²) in [6, 6.07) is 6.73. The van der Waals surface area contributed by atoms with E-state index in [4.69, 9.17) is 14.3 Å². The summed E-state index contributed by atoms with van der Waals surface area (Å²) >= 11 is 0. The van der Waals surface area contributed by atoms with Gasteiger partial charge in [-0.15, -0.1) is 0 Å². The van der Waals surface area contributed by atoms with Crippen molar-refractivity contribution in [2.24, 2.45) is 0 Å². The van der Waals surface area contributed by atoms with Crippen LogP contribution in [0.3, 0.4) is 0 Å². The summed E-state index contributed by atoms with van der Waals surface area (Å²) in [5.41, 5.74) is 0.326. The molecule has 1 heterocycles. The lowest BCUT2D eigenvalue weighted by Crippen LogP contribution is -2.09. The average Bonchev–Trinajstić information content (AvgIpc) is 2.35. The van der Waals surface area contributed by atoms with E-state index in [0.29, 0.717) is 22.3 Å². The van der Waals surface area contributed by atoms with E-state index in [2.05, 4.69) is 0 Å². The maximum Gasteiger partial charge on any atom is 0.339 e. The van der Waals surface area contributed by atoms with Gasteiger partial charge in [0.05, 0.1) is 7.11 Å². The molecule has 0 saturated carbocycles. The predicted octanol–water partition coefficient (Wildman–Crippen LogP) is 1.82. The minimum absolute atomic E-state index is 0.0970. The van der Waals surface area contributed by atoms with Crippen LogP contribution in [-0.2, 0) is 11.2 Å². The summed E-state index contributed by atoms with van der Waals surface area (Å²) in [6.07, 6.45) is 0.0606. The number of hydrogen-bond acceptors (Lipinski definition) is 4. The number of aliphatic carboxylic acids is 1. The molecule has 2 aromatic rings. The topological polar surface area (TPSA) is 76.7 Å². The zero-order chi connectivity index (χ0) is 13.1. The number of methoxy groups -OCH3 is 1. The molecule has 5 heteroatoms. The van der Waals surface area contributed by atoms with Crippen molar-refractivity contribution < 1.29 is 19.1 Å². The first-order valence-corrected chi connectivity index (χ1v) is 5.42. The molecule has 0 aliphatic heterocycles. The van der Waals surface area contributed by atoms with Gasteiger partial charge in [0, 0.05) is 17.4 Å². The van der Waals surface area contributed by atoms with E-state index in [-0.39, 0.29) is 12.8 Å². The van der Waals surface area contributed by atoms with Crippen molar-refractivity contribution in [2.45, 2.75) is 12.8 Å². The Morgan fingerprint density at radius 3 is 2.83 bits per heavy atom. The number of aryl methyl sites for hydroxylation is 1. The highest BCUT2D eigenvalue weighted by atomic mass is 16.5. The first kappa shape index (κ1) is 12.2. The van der Waals surface area contributed by atoms with E-state index in [1.165, 1.54) is 0 Å². The van der Waals surface area contributed by atoms with Gasteiger partial charge in [0.25, 0.3) is 0 Å². The Morgan fingerprint density at radius 2 is 2.17 bits per heavy atom. The van der Waals surface area contributed by atoms with E-state index >= 15 is 0 Å². The smallest absolute Gasteiger partial charge is 0.339 e. The van der Waals surface area contributed by atoms with E-state index in [1.807, 2.05) is 0 Å². The molecule has 94 valence electrons. The largest absolute Gasteiger partial charge is 0.497 e. The molecular formula is C13H12O5. The van der Waals surface area contributed by atoms with Crippen LogP contribution in [0.2, 0.25) is 0 Å². The highest BCUT2D eigenvalue weighted by molar-refractivity contribution is 5.78. The lowest BCUT2D eigenvalue weighted by molar-refractivity contribution is -0.136. The minimum atomic E-state index is -0.944. The van der Waals surface area contributed by atoms with Crippen molar-refractivity contribution >= 4 is 16.9 Å². The van der Waals surface area contributed by atoms with Crippen LogP contribution < -0.4 is 10.4 Å². The Morgan fingerprint density at radius 1 is 1.39 bits per heavy atom. The van der Waals surface area contributed by atoms with Crippen molar-refractivity contribution in [3.8, 4) is 5.75 Å². The van der Waals surface area contributed by atoms with Gasteiger partial charge in [-0.3, -0.25) is 4.79 Å². The predicted molar refractivity (Wildman–Crippen MR) is 65.0 cm³/mol. The van der Waals surface area contributed by atoms with Gasteiger partial charge in [-0.2, -0.15) is 0 Å². The molecule has 0 unspecified atom stereocenters. The molecule has 0 fully saturated rings. The van der Waals surface area contributed by atoms with Crippen molar-refractivity contribution in [2.75, 3.05) is 7.11 Å². The van der Waals surface area contributed by atoms with Gasteiger partial charge in [0.2, 0.25) is 0 Å². The third kappa shape index (κ3) is 2.51. The molecule has 0 spiro atoms. The molecule has 0 aliphatic rings. The van der Waals surface area contributed by atoms with Crippen LogP contribution in [0.25, 0.3) is 11.0 Å². The van der Waals surface area contributed by atoms with Gasteiger partial charge in [0.15, 0.2) is 0 Å². The summed E-state index contributed by atoms with van der Waals surface area (Å²) in [4.78, 5) is 22.1. The summed E-state index contributed by atoms with van der Waals surface area (Å²) in [5.74, 6) is -0.291. The third-order valence-electron chi connectivity index (χ3n) is 2.62. The SMILES string of the molecule is COc1ccc2oc(=O)c(CCC(=O)O)cc2c1. The number of hydrogen-bond donors (Lipinski definition) is 1. The maximum absolute atomic E-state index is 11.6. The van der Waals surface area contributed by atoms with Gasteiger partial charge in [0.1, 0.15) is 11.3 Å². The normalized spacial score (nSPS) is 10.5. The Kier molecular flexibility index (Phi) is 3.32. The summed E-state index contributed by atoms with van der Waals surface area (Å²) in [5, 5.41) is 9.33. The zero-order valence-electron chi connectivity index (χ0n) is 9.80. The van der Waals surface area contributed by atoms with Gasteiger partial charge < -0.3 is 14.3 Å². The van der Waals surface area contributed by atoms with Crippen molar-refractivity contribution in [3.63, 3.8) is 0 Å². The fourth-order valence-electron chi connectivity index (χ4n) is 1.69. The standard InChI is InChI=1S/C13H12O5/c1-17-10-3-4-11-9(7-10)6-8(13(16)18-11)2-5-12(14)15/h3-4,6-7H,2,5H2,1H3,(H,14,15). The monoisotopic (exact) mass is 248 g/mol. The number of ether oxygens (including phenoxy) is 1. The van der Waals surface area contributed by atoms with Crippen LogP contribution >= 0.6 is 0 Å². The van der Waals surface area contributed by atoms with Crippen molar-refractivity contribution in [3.05, 3.63) is 40.2 Å². The molecule has 1 aromatic carbocycles. The quantitative estimate of drug-likeness (QED) is 0.835. The third-order valence-corrected chi connectivity index (χ3v) is 2.62. The van der Waals surface area contributed by atoms with Crippen LogP contribution in [-0.4, -0.2) is 18.2 Å². The summed E-state index contributed by atoms with van der Waals surface area (Å²) in [7, 11) is 1.55. The molecular weight excluding hydrogens is 236 g/mol. The first-order chi connectivity index (χ1) is 8.60. The molecule has 0 aliphatic carbocycles. The van der Waals surface area contributed by atoms with E-state index < -0.39 is 11.6 Å². The van der Waals surface area contributed by atoms with Crippen LogP contribution in [0.1, 0.15) is 12.0 Å². The molecule has 1 N–H and O–H groups in total. The highest BCUT2D eigenvalue weighted by Crippen LogP contribution is 2.20. The number of carbonyl (C=O) groups is 1. The zero-order valence-corrected chi connectivity index (χ0v) is 9.80. The number of benzene rings is 1. The maximum atomic E-state index is 11.6. The van der Waals surface area contributed by atoms with Gasteiger partial charge in [-0.05, 0) is 30.7 Å². The van der Waals surface area contributed by atoms with Gasteiger partial charge in [-0.1, -0.05) is 0 Å². The molecule has 1 aromatic heterocycles. The molecule has 0 bridgehead atoms. The van der Waals surface area contributed by atoms with Crippen LogP contribution in [0.15, 0.2) is 33.5 Å². The fourth-order valence-corrected chi connectivity index (χ4v) is 1.69. The van der Waals surface area contributed by atoms with Gasteiger partial charge in [-0.25, -0.2) is 4.79 Å². The molecule has 18 heavy (non-hydrogen) atoms. The average molecular weight is 248 g/mol. The second kappa shape index (κ2) is 4.91. The summed E-state index contributed by atoms with van der Waals surface area (Å²) in [6.45, 7) is 0. The molecule has 0 atom stereocenters. The van der Waals surface area contributed by atoms with Crippen LogP contribution in [0, 0.1) is 0 Å². The number of carboxylic acid groups (broad SMARTS) is 1. The highest BCUT2D eigenvalue weighted by Gasteiger charge is 2.08. The van der Waals surface area contributed by atoms with Crippen molar-refractivity contribution in [1.29, 1.82) is 0 Å². The molecule has 0 radical (unpaired) electrons. The Balaban J connectivity index is 2.44. The van der Waals surface area contributed by atoms with Crippen LogP contribution in [0.5, 0.6) is 5.75 Å². The molecule has 2 rings (SSSR count). The summed E-state index contributed by atoms with van der Waals surface area (Å²) < 4.78 is 10.2. The second-order valence-electron chi connectivity index (χ2n) is 3.86. The lowest BCUT2D eigenvalue weighted by atomic mass is 10.1. The Bertz CT molecular complexity index is 641. The minimum Gasteiger partial charge on any atom is -0.497 e. The number of carboxylic acids is 1. The number of rotatable bonds is 4. The fraction of sp³-hybridized carbons (Fsp3) is 0.231. The van der Waals surface area contributed by atoms with E-state index in [1.54, 1.807) is 31.4 Å². The van der Waals surface area contributed by atoms with Crippen LogP contribution in [0.4, 0.5) is 0 Å². The molecule has 0 amide bonds. The van der Waals surface area contributed by atoms with E-state index in [9.17, 15) is 9.59 Å². The first-order valence-electron chi connectivity index (χ1n) is 5.42. The second-order valence-corrected chi connectivity index (χ2v) is 3.86. The van der Waals surface area contributed by atoms with Gasteiger partial charge >= 0.3 is 11.6 Å². The lowest BCUT2D eigenvalue weighted by Gasteiger charge is -2.03. The number of fused-ring (bicyclic) bond motifs is 1. The molecule has 0 saturated heterocycles. The Hall–Kier alpha value is -2.30. The molecule has 5 nitrogen and oxygen atoms in total.